The van der Waals surface area contributed by atoms with E-state index in [1.807, 2.05) is 13.8 Å². The first-order valence-electron chi connectivity index (χ1n) is 2.74. The summed E-state index contributed by atoms with van der Waals surface area (Å²) in [5, 5.41) is 8.85. The van der Waals surface area contributed by atoms with Crippen LogP contribution < -0.4 is 0 Å². The largest absolute Gasteiger partial charge is 0.386 e. The Bertz CT molecular complexity index is 90.4. The van der Waals surface area contributed by atoms with Crippen LogP contribution in [-0.2, 0) is 4.79 Å². The van der Waals surface area contributed by atoms with Crippen molar-refractivity contribution in [3.8, 4) is 0 Å². The van der Waals surface area contributed by atoms with Gasteiger partial charge >= 0.3 is 0 Å². The molecule has 0 rings (SSSR count). The maximum Gasteiger partial charge on any atom is 0.190 e. The molecule has 0 aromatic carbocycles. The van der Waals surface area contributed by atoms with Crippen LogP contribution in [0.4, 0.5) is 0 Å². The standard InChI is InChI=1S/C5H11BO2/c1-3(2)4(7)5(6)8/h3-4,7H,6H2,1-2H3/t4-/m0/s1. The second kappa shape index (κ2) is 2.87. The van der Waals surface area contributed by atoms with E-state index in [1.54, 1.807) is 0 Å². The van der Waals surface area contributed by atoms with Crippen molar-refractivity contribution in [3.63, 3.8) is 0 Å². The van der Waals surface area contributed by atoms with E-state index in [4.69, 9.17) is 5.11 Å². The molecule has 2 nitrogen and oxygen atoms in total. The molecule has 8 heavy (non-hydrogen) atoms. The highest BCUT2D eigenvalue weighted by Crippen LogP contribution is 1.98. The highest BCUT2D eigenvalue weighted by atomic mass is 16.3. The summed E-state index contributed by atoms with van der Waals surface area (Å²) in [6.45, 7) is 3.62. The lowest BCUT2D eigenvalue weighted by molar-refractivity contribution is -0.120. The Hall–Kier alpha value is -0.305. The van der Waals surface area contributed by atoms with Crippen LogP contribution in [0.1, 0.15) is 13.8 Å². The smallest absolute Gasteiger partial charge is 0.190 e. The number of aliphatic hydroxyl groups is 1. The van der Waals surface area contributed by atoms with Gasteiger partial charge in [0.25, 0.3) is 0 Å². The van der Waals surface area contributed by atoms with Crippen molar-refractivity contribution in [1.82, 2.24) is 0 Å². The molecule has 0 radical (unpaired) electrons. The van der Waals surface area contributed by atoms with Crippen molar-refractivity contribution in [1.29, 1.82) is 0 Å². The molecule has 0 heterocycles. The first-order valence-corrected chi connectivity index (χ1v) is 2.74. The monoisotopic (exact) mass is 114 g/mol. The highest BCUT2D eigenvalue weighted by molar-refractivity contribution is 6.58. The third-order valence-electron chi connectivity index (χ3n) is 1.05. The summed E-state index contributed by atoms with van der Waals surface area (Å²) in [5.74, 6) is 0.0486. The van der Waals surface area contributed by atoms with Gasteiger partial charge in [-0.1, -0.05) is 13.8 Å². The lowest BCUT2D eigenvalue weighted by Gasteiger charge is -2.08. The molecule has 0 aliphatic heterocycles. The Balaban J connectivity index is 3.64. The van der Waals surface area contributed by atoms with Gasteiger partial charge < -0.3 is 9.90 Å². The van der Waals surface area contributed by atoms with Crippen molar-refractivity contribution in [2.45, 2.75) is 20.0 Å². The van der Waals surface area contributed by atoms with Gasteiger partial charge in [-0.3, -0.25) is 0 Å². The molecule has 0 unspecified atom stereocenters. The van der Waals surface area contributed by atoms with Crippen molar-refractivity contribution in [3.05, 3.63) is 0 Å². The van der Waals surface area contributed by atoms with Gasteiger partial charge in [0.2, 0.25) is 0 Å². The Morgan fingerprint density at radius 2 is 2.00 bits per heavy atom. The van der Waals surface area contributed by atoms with Crippen LogP contribution in [0.3, 0.4) is 0 Å². The molecule has 0 aromatic heterocycles. The molecule has 0 amide bonds. The predicted molar refractivity (Wildman–Crippen MR) is 34.4 cm³/mol. The summed E-state index contributed by atoms with van der Waals surface area (Å²) in [4.78, 5) is 10.3. The number of carbonyl (C=O) groups is 1. The van der Waals surface area contributed by atoms with Gasteiger partial charge in [-0.15, -0.1) is 0 Å². The number of carbonyl (C=O) groups excluding carboxylic acids is 1. The molecular formula is C5H11BO2. The van der Waals surface area contributed by atoms with Gasteiger partial charge in [0.1, 0.15) is 11.8 Å². The quantitative estimate of drug-likeness (QED) is 0.475. The Kier molecular flexibility index (Phi) is 2.76. The van der Waals surface area contributed by atoms with Crippen molar-refractivity contribution in [2.24, 2.45) is 5.92 Å². The molecule has 0 saturated heterocycles. The molecule has 0 fully saturated rings. The Morgan fingerprint density at radius 3 is 2.00 bits per heavy atom. The van der Waals surface area contributed by atoms with E-state index in [0.717, 1.165) is 0 Å². The third kappa shape index (κ3) is 2.12. The van der Waals surface area contributed by atoms with E-state index in [-0.39, 0.29) is 11.6 Å². The van der Waals surface area contributed by atoms with Crippen molar-refractivity contribution < 1.29 is 9.90 Å². The summed E-state index contributed by atoms with van der Waals surface area (Å²) in [6, 6.07) is 0. The van der Waals surface area contributed by atoms with Crippen LogP contribution in [0, 0.1) is 5.92 Å². The molecule has 0 aliphatic rings. The number of hydrogen-bond donors (Lipinski definition) is 1. The first-order chi connectivity index (χ1) is 3.55. The lowest BCUT2D eigenvalue weighted by Crippen LogP contribution is -2.25. The average Bonchev–Trinajstić information content (AvgIpc) is 1.64. The number of aliphatic hydroxyl groups excluding tert-OH is 1. The number of hydrogen-bond acceptors (Lipinski definition) is 2. The average molecular weight is 114 g/mol. The molecule has 1 atom stereocenters. The molecule has 0 bridgehead atoms. The van der Waals surface area contributed by atoms with E-state index in [2.05, 4.69) is 0 Å². The minimum absolute atomic E-state index is 0.0486. The molecule has 0 aromatic rings. The Morgan fingerprint density at radius 1 is 1.62 bits per heavy atom. The summed E-state index contributed by atoms with van der Waals surface area (Å²) in [5.41, 5.74) is -0.153. The molecular weight excluding hydrogens is 103 g/mol. The zero-order valence-corrected chi connectivity index (χ0v) is 5.51. The van der Waals surface area contributed by atoms with Gasteiger partial charge in [0, 0.05) is 0 Å². The predicted octanol–water partition coefficient (Wildman–Crippen LogP) is -0.837. The summed E-state index contributed by atoms with van der Waals surface area (Å²) >= 11 is 0. The zero-order chi connectivity index (χ0) is 6.73. The molecule has 0 aliphatic carbocycles. The van der Waals surface area contributed by atoms with Gasteiger partial charge in [-0.05, 0) is 5.92 Å². The topological polar surface area (TPSA) is 37.3 Å². The highest BCUT2D eigenvalue weighted by Gasteiger charge is 2.12. The van der Waals surface area contributed by atoms with E-state index in [9.17, 15) is 4.79 Å². The minimum atomic E-state index is -0.769. The molecule has 1 N–H and O–H groups in total. The van der Waals surface area contributed by atoms with E-state index in [1.165, 1.54) is 7.85 Å². The molecule has 3 heteroatoms. The molecule has 0 spiro atoms. The second-order valence-electron chi connectivity index (χ2n) is 2.30. The van der Waals surface area contributed by atoms with E-state index >= 15 is 0 Å². The maximum absolute atomic E-state index is 10.3. The lowest BCUT2D eigenvalue weighted by atomic mass is 9.90. The van der Waals surface area contributed by atoms with Crippen LogP contribution in [-0.4, -0.2) is 24.7 Å². The summed E-state index contributed by atoms with van der Waals surface area (Å²) in [7, 11) is 1.39. The van der Waals surface area contributed by atoms with E-state index < -0.39 is 6.10 Å². The number of rotatable bonds is 2. The van der Waals surface area contributed by atoms with Crippen LogP contribution in [0.15, 0.2) is 0 Å². The van der Waals surface area contributed by atoms with Crippen LogP contribution in [0.5, 0.6) is 0 Å². The fourth-order valence-electron chi connectivity index (χ4n) is 0.469. The SMILES string of the molecule is BC(=O)[C@@H](O)C(C)C. The third-order valence-corrected chi connectivity index (χ3v) is 1.05. The summed E-state index contributed by atoms with van der Waals surface area (Å²) < 4.78 is 0. The zero-order valence-electron chi connectivity index (χ0n) is 5.51. The van der Waals surface area contributed by atoms with Crippen LogP contribution in [0.2, 0.25) is 0 Å². The second-order valence-corrected chi connectivity index (χ2v) is 2.30. The van der Waals surface area contributed by atoms with Crippen molar-refractivity contribution >= 4 is 13.5 Å². The normalized spacial score (nSPS) is 14.0. The fraction of sp³-hybridized carbons (Fsp3) is 0.800. The first kappa shape index (κ1) is 7.69. The maximum atomic E-state index is 10.3. The van der Waals surface area contributed by atoms with Gasteiger partial charge in [-0.2, -0.15) is 0 Å². The van der Waals surface area contributed by atoms with Gasteiger partial charge in [-0.25, -0.2) is 0 Å². The minimum Gasteiger partial charge on any atom is -0.386 e. The van der Waals surface area contributed by atoms with Gasteiger partial charge in [0.15, 0.2) is 7.85 Å². The molecule has 0 saturated carbocycles. The Labute approximate surface area is 50.3 Å². The van der Waals surface area contributed by atoms with E-state index in [0.29, 0.717) is 0 Å². The van der Waals surface area contributed by atoms with Crippen LogP contribution >= 0.6 is 0 Å². The fourth-order valence-corrected chi connectivity index (χ4v) is 0.469. The van der Waals surface area contributed by atoms with Crippen molar-refractivity contribution in [2.75, 3.05) is 0 Å². The van der Waals surface area contributed by atoms with Crippen LogP contribution in [0.25, 0.3) is 0 Å². The molecule has 46 valence electrons. The van der Waals surface area contributed by atoms with Gasteiger partial charge in [0.05, 0.1) is 0 Å². The summed E-state index contributed by atoms with van der Waals surface area (Å²) in [6.07, 6.45) is -0.769.